The van der Waals surface area contributed by atoms with Crippen molar-refractivity contribution in [3.05, 3.63) is 57.6 Å². The summed E-state index contributed by atoms with van der Waals surface area (Å²) in [5.41, 5.74) is 2.48. The molecule has 4 heterocycles. The normalized spacial score (nSPS) is 20.5. The summed E-state index contributed by atoms with van der Waals surface area (Å²) in [6, 6.07) is 10.7. The highest BCUT2D eigenvalue weighted by Gasteiger charge is 2.37. The number of carbonyl (C=O) groups excluding carboxylic acids is 3. The number of piperidine rings is 3. The molecule has 3 N–H and O–H groups in total. The van der Waals surface area contributed by atoms with Crippen molar-refractivity contribution in [2.45, 2.75) is 63.5 Å². The summed E-state index contributed by atoms with van der Waals surface area (Å²) in [5.74, 6) is -0.406. The zero-order valence-corrected chi connectivity index (χ0v) is 29.6. The van der Waals surface area contributed by atoms with E-state index in [1.807, 2.05) is 34.1 Å². The van der Waals surface area contributed by atoms with Gasteiger partial charge in [-0.2, -0.15) is 0 Å². The number of para-hydroxylation sites is 1. The van der Waals surface area contributed by atoms with Gasteiger partial charge in [0.2, 0.25) is 0 Å². The van der Waals surface area contributed by atoms with Crippen molar-refractivity contribution < 1.29 is 34.1 Å². The summed E-state index contributed by atoms with van der Waals surface area (Å²) < 4.78 is 5.97. The second kappa shape index (κ2) is 16.1. The van der Waals surface area contributed by atoms with Crippen LogP contribution < -0.4 is 5.32 Å². The Morgan fingerprint density at radius 1 is 0.860 bits per heavy atom. The van der Waals surface area contributed by atoms with Crippen LogP contribution in [0, 0.1) is 11.8 Å². The number of likely N-dealkylation sites (tertiary alicyclic amines) is 3. The first-order chi connectivity index (χ1) is 24.0. The minimum absolute atomic E-state index is 0.0298. The van der Waals surface area contributed by atoms with Crippen molar-refractivity contribution >= 4 is 52.9 Å². The number of phenols is 1. The fourth-order valence-corrected chi connectivity index (χ4v) is 8.52. The molecule has 4 amide bonds. The number of ether oxygens (including phenoxy) is 1. The van der Waals surface area contributed by atoms with E-state index in [1.165, 1.54) is 12.1 Å². The second-order valence-corrected chi connectivity index (χ2v) is 14.7. The fraction of sp³-hybridized carbons (Fsp3) is 0.556. The Labute approximate surface area is 302 Å². The number of benzene rings is 2. The summed E-state index contributed by atoms with van der Waals surface area (Å²) in [6.45, 7) is 4.04. The third-order valence-electron chi connectivity index (χ3n) is 10.8. The highest BCUT2D eigenvalue weighted by molar-refractivity contribution is 6.37. The van der Waals surface area contributed by atoms with Gasteiger partial charge in [-0.25, -0.2) is 9.59 Å². The largest absolute Gasteiger partial charge is 0.505 e. The number of nitrogens with zero attached hydrogens (tertiary/aromatic N) is 4. The lowest BCUT2D eigenvalue weighted by molar-refractivity contribution is -0.142. The van der Waals surface area contributed by atoms with Gasteiger partial charge in [-0.15, -0.1) is 0 Å². The second-order valence-electron chi connectivity index (χ2n) is 13.9. The number of hydrogen-bond donors (Lipinski definition) is 3. The third kappa shape index (κ3) is 8.58. The Kier molecular flexibility index (Phi) is 11.6. The minimum atomic E-state index is -1.12. The molecule has 2 aromatic carbocycles. The number of fused-ring (bicyclic) bond motifs is 1. The molecule has 0 saturated carbocycles. The molecule has 0 radical (unpaired) electrons. The predicted molar refractivity (Wildman–Crippen MR) is 189 cm³/mol. The van der Waals surface area contributed by atoms with Crippen LogP contribution in [0.4, 0.5) is 15.3 Å². The molecule has 0 unspecified atom stereocenters. The van der Waals surface area contributed by atoms with Gasteiger partial charge in [-0.3, -0.25) is 14.5 Å². The van der Waals surface area contributed by atoms with Crippen LogP contribution in [0.2, 0.25) is 10.0 Å². The molecule has 4 aliphatic rings. The summed E-state index contributed by atoms with van der Waals surface area (Å²) in [7, 11) is 0. The number of carboxylic acids is 1. The van der Waals surface area contributed by atoms with Gasteiger partial charge in [-0.1, -0.05) is 41.4 Å². The highest BCUT2D eigenvalue weighted by Crippen LogP contribution is 2.35. The van der Waals surface area contributed by atoms with Crippen molar-refractivity contribution in [3.8, 4) is 5.75 Å². The fourth-order valence-electron chi connectivity index (χ4n) is 7.99. The molecular formula is C36H45Cl2N5O7. The number of aromatic hydroxyl groups is 1. The van der Waals surface area contributed by atoms with E-state index >= 15 is 0 Å². The van der Waals surface area contributed by atoms with E-state index in [-0.39, 0.29) is 46.7 Å². The molecule has 14 heteroatoms. The molecule has 2 aromatic rings. The molecule has 12 nitrogen and oxygen atoms in total. The maximum Gasteiger partial charge on any atom is 0.410 e. The van der Waals surface area contributed by atoms with E-state index in [4.69, 9.17) is 33.0 Å². The monoisotopic (exact) mass is 729 g/mol. The zero-order chi connectivity index (χ0) is 35.4. The van der Waals surface area contributed by atoms with E-state index in [0.29, 0.717) is 63.0 Å². The first-order valence-electron chi connectivity index (χ1n) is 17.6. The van der Waals surface area contributed by atoms with E-state index in [2.05, 4.69) is 5.32 Å². The number of nitrogens with one attached hydrogen (secondary N) is 1. The molecule has 270 valence electrons. The number of carboxylic acid groups (broad SMARTS) is 1. The Bertz CT molecular complexity index is 1550. The van der Waals surface area contributed by atoms with Crippen molar-refractivity contribution in [3.63, 3.8) is 0 Å². The zero-order valence-electron chi connectivity index (χ0n) is 28.1. The average Bonchev–Trinajstić information content (AvgIpc) is 3.28. The molecule has 0 spiro atoms. The van der Waals surface area contributed by atoms with Crippen LogP contribution in [0.1, 0.15) is 49.7 Å². The lowest BCUT2D eigenvalue weighted by Gasteiger charge is -2.41. The van der Waals surface area contributed by atoms with Crippen LogP contribution in [0.25, 0.3) is 0 Å². The number of aliphatic carboxylic acids is 1. The molecule has 1 atom stereocenters. The number of urea groups is 1. The Morgan fingerprint density at radius 3 is 2.10 bits per heavy atom. The van der Waals surface area contributed by atoms with E-state index in [9.17, 15) is 24.3 Å². The highest BCUT2D eigenvalue weighted by atomic mass is 35.5. The van der Waals surface area contributed by atoms with E-state index < -0.39 is 18.2 Å². The number of rotatable bonds is 8. The summed E-state index contributed by atoms with van der Waals surface area (Å²) in [5, 5.41) is 22.3. The van der Waals surface area contributed by atoms with Crippen LogP contribution >= 0.6 is 23.2 Å². The number of amides is 4. The number of halogens is 2. The van der Waals surface area contributed by atoms with Crippen LogP contribution in [0.3, 0.4) is 0 Å². The Morgan fingerprint density at radius 2 is 1.46 bits per heavy atom. The SMILES string of the molecule is O=C(O)CN1CCC(C2CCN(C(=O)[C@@H](Cc3cc(Cl)c(O)c(Cl)c3)OC(=O)N3CCC(N4CCc5ccccc5NC4=O)CC3)CC2)CC1. The maximum atomic E-state index is 14.0. The molecule has 3 fully saturated rings. The van der Waals surface area contributed by atoms with Gasteiger partial charge in [0.1, 0.15) is 0 Å². The molecule has 0 bridgehead atoms. The lowest BCUT2D eigenvalue weighted by atomic mass is 9.78. The Hall–Kier alpha value is -3.74. The van der Waals surface area contributed by atoms with Gasteiger partial charge in [0, 0.05) is 50.9 Å². The molecule has 3 saturated heterocycles. The molecular weight excluding hydrogens is 685 g/mol. The minimum Gasteiger partial charge on any atom is -0.505 e. The van der Waals surface area contributed by atoms with Crippen LogP contribution in [0.15, 0.2) is 36.4 Å². The number of hydrogen-bond acceptors (Lipinski definition) is 7. The summed E-state index contributed by atoms with van der Waals surface area (Å²) in [4.78, 5) is 59.0. The standard InChI is InChI=1S/C36H45Cl2N5O7/c37-28-19-23(20-29(38)33(28)46)21-31(34(47)41-14-7-25(8-15-41)24-5-12-40(13-6-24)22-32(44)45)50-36(49)42-16-10-27(11-17-42)43-18-9-26-3-1-2-4-30(26)39-35(43)48/h1-4,19-20,24-25,27,31,46H,5-18,21-22H2,(H,39,48)(H,44,45)/t31-/m1/s1. The molecule has 6 rings (SSSR count). The summed E-state index contributed by atoms with van der Waals surface area (Å²) in [6.07, 6.45) is 3.80. The topological polar surface area (TPSA) is 143 Å². The van der Waals surface area contributed by atoms with Crippen molar-refractivity contribution in [1.29, 1.82) is 0 Å². The van der Waals surface area contributed by atoms with E-state index in [0.717, 1.165) is 56.4 Å². The van der Waals surface area contributed by atoms with Gasteiger partial charge < -0.3 is 35.0 Å². The lowest BCUT2D eigenvalue weighted by Crippen LogP contribution is -2.52. The van der Waals surface area contributed by atoms with Gasteiger partial charge in [0.05, 0.1) is 16.6 Å². The smallest absolute Gasteiger partial charge is 0.410 e. The van der Waals surface area contributed by atoms with Gasteiger partial charge in [0.15, 0.2) is 11.9 Å². The predicted octanol–water partition coefficient (Wildman–Crippen LogP) is 5.34. The number of carbonyl (C=O) groups is 4. The van der Waals surface area contributed by atoms with Crippen LogP contribution in [0.5, 0.6) is 5.75 Å². The average molecular weight is 731 g/mol. The Balaban J connectivity index is 1.06. The summed E-state index contributed by atoms with van der Waals surface area (Å²) >= 11 is 12.4. The first-order valence-corrected chi connectivity index (χ1v) is 18.3. The number of anilines is 1. The van der Waals surface area contributed by atoms with Gasteiger partial charge >= 0.3 is 18.1 Å². The van der Waals surface area contributed by atoms with Gasteiger partial charge in [-0.05, 0) is 99.2 Å². The van der Waals surface area contributed by atoms with Crippen molar-refractivity contribution in [2.75, 3.05) is 57.7 Å². The molecule has 0 aliphatic carbocycles. The van der Waals surface area contributed by atoms with Crippen molar-refractivity contribution in [2.24, 2.45) is 11.8 Å². The quantitative estimate of drug-likeness (QED) is 0.331. The van der Waals surface area contributed by atoms with Crippen molar-refractivity contribution in [1.82, 2.24) is 19.6 Å². The van der Waals surface area contributed by atoms with Gasteiger partial charge in [0.25, 0.3) is 5.91 Å². The first kappa shape index (κ1) is 36.1. The van der Waals surface area contributed by atoms with Crippen LogP contribution in [-0.2, 0) is 27.2 Å². The molecule has 0 aromatic heterocycles. The van der Waals surface area contributed by atoms with E-state index in [1.54, 1.807) is 9.80 Å². The third-order valence-corrected chi connectivity index (χ3v) is 11.4. The van der Waals surface area contributed by atoms with Crippen LogP contribution in [-0.4, -0.2) is 118 Å². The maximum absolute atomic E-state index is 14.0. The molecule has 4 aliphatic heterocycles. The number of phenolic OH excluding ortho intramolecular Hbond substituents is 1. The molecule has 50 heavy (non-hydrogen) atoms.